The zero-order chi connectivity index (χ0) is 23.6. The number of rotatable bonds is 5. The number of halogens is 1. The van der Waals surface area contributed by atoms with Crippen LogP contribution in [0.1, 0.15) is 37.7 Å². The van der Waals surface area contributed by atoms with Crippen molar-refractivity contribution in [2.24, 2.45) is 0 Å². The quantitative estimate of drug-likeness (QED) is 0.551. The van der Waals surface area contributed by atoms with Crippen LogP contribution in [0.3, 0.4) is 0 Å². The number of nitrogens with zero attached hydrogens (tertiary/aromatic N) is 4. The van der Waals surface area contributed by atoms with Crippen molar-refractivity contribution in [1.82, 2.24) is 19.6 Å². The smallest absolute Gasteiger partial charge is 0.412 e. The normalized spacial score (nSPS) is 11.5. The zero-order valence-corrected chi connectivity index (χ0v) is 19.6. The number of hydrogen-bond acceptors (Lipinski definition) is 7. The summed E-state index contributed by atoms with van der Waals surface area (Å²) >= 11 is 1.41. The van der Waals surface area contributed by atoms with Crippen LogP contribution >= 0.6 is 11.8 Å². The first-order chi connectivity index (χ1) is 15.0. The van der Waals surface area contributed by atoms with Crippen molar-refractivity contribution in [1.29, 1.82) is 0 Å². The molecule has 0 bridgehead atoms. The van der Waals surface area contributed by atoms with Gasteiger partial charge in [0.25, 0.3) is 5.78 Å². The van der Waals surface area contributed by atoms with Crippen molar-refractivity contribution in [3.63, 3.8) is 0 Å². The van der Waals surface area contributed by atoms with Gasteiger partial charge in [-0.15, -0.1) is 5.10 Å². The Morgan fingerprint density at radius 1 is 1.19 bits per heavy atom. The van der Waals surface area contributed by atoms with E-state index in [1.807, 2.05) is 20.1 Å². The Bertz CT molecular complexity index is 1190. The molecule has 32 heavy (non-hydrogen) atoms. The van der Waals surface area contributed by atoms with E-state index in [1.54, 1.807) is 25.3 Å². The number of amides is 2. The molecule has 0 saturated heterocycles. The molecule has 9 nitrogen and oxygen atoms in total. The van der Waals surface area contributed by atoms with Crippen LogP contribution in [0.15, 0.2) is 23.4 Å². The fourth-order valence-electron chi connectivity index (χ4n) is 3.01. The molecule has 0 radical (unpaired) electrons. The maximum absolute atomic E-state index is 14.1. The van der Waals surface area contributed by atoms with Gasteiger partial charge in [-0.05, 0) is 59.1 Å². The van der Waals surface area contributed by atoms with Crippen LogP contribution in [-0.4, -0.2) is 43.4 Å². The maximum Gasteiger partial charge on any atom is 0.412 e. The summed E-state index contributed by atoms with van der Waals surface area (Å²) in [6, 6.07) is 3.91. The fraction of sp³-hybridized carbons (Fsp3) is 0.381. The summed E-state index contributed by atoms with van der Waals surface area (Å²) in [7, 11) is 0. The van der Waals surface area contributed by atoms with Crippen LogP contribution < -0.4 is 10.6 Å². The van der Waals surface area contributed by atoms with Crippen molar-refractivity contribution in [2.45, 2.75) is 51.8 Å². The molecule has 3 rings (SSSR count). The molecule has 0 fully saturated rings. The number of carbonyl (C=O) groups is 2. The minimum absolute atomic E-state index is 0.0429. The second kappa shape index (κ2) is 9.11. The van der Waals surface area contributed by atoms with Gasteiger partial charge in [-0.2, -0.15) is 4.98 Å². The average molecular weight is 461 g/mol. The number of fused-ring (bicyclic) bond motifs is 1. The predicted octanol–water partition coefficient (Wildman–Crippen LogP) is 4.13. The minimum Gasteiger partial charge on any atom is -0.444 e. The number of hydrogen-bond donors (Lipinski definition) is 2. The first kappa shape index (κ1) is 23.5. The summed E-state index contributed by atoms with van der Waals surface area (Å²) in [6.07, 6.45) is 1.13. The summed E-state index contributed by atoms with van der Waals surface area (Å²) in [5, 5.41) is 10.1. The molecule has 2 heterocycles. The number of carbonyl (C=O) groups excluding carboxylic acids is 2. The molecular weight excluding hydrogens is 435 g/mol. The van der Waals surface area contributed by atoms with Crippen LogP contribution in [0.25, 0.3) is 5.78 Å². The van der Waals surface area contributed by atoms with Crippen LogP contribution in [0.5, 0.6) is 0 Å². The van der Waals surface area contributed by atoms with Crippen molar-refractivity contribution < 1.29 is 18.7 Å². The lowest BCUT2D eigenvalue weighted by Crippen LogP contribution is -2.27. The fourth-order valence-corrected chi connectivity index (χ4v) is 3.35. The van der Waals surface area contributed by atoms with Crippen molar-refractivity contribution >= 4 is 40.9 Å². The highest BCUT2D eigenvalue weighted by Crippen LogP contribution is 2.22. The molecule has 0 aliphatic rings. The van der Waals surface area contributed by atoms with Crippen molar-refractivity contribution in [3.8, 4) is 0 Å². The topological polar surface area (TPSA) is 111 Å². The number of benzene rings is 1. The Hall–Kier alpha value is -3.21. The minimum atomic E-state index is -0.789. The van der Waals surface area contributed by atoms with Gasteiger partial charge in [0.2, 0.25) is 11.1 Å². The van der Waals surface area contributed by atoms with E-state index in [1.165, 1.54) is 23.9 Å². The van der Waals surface area contributed by atoms with Gasteiger partial charge in [0.15, 0.2) is 0 Å². The Kier molecular flexibility index (Phi) is 6.68. The van der Waals surface area contributed by atoms with E-state index in [4.69, 9.17) is 4.74 Å². The highest BCUT2D eigenvalue weighted by atomic mass is 32.2. The standard InChI is InChI=1S/C21H25FN6O3S/c1-11-14(12(2)28-18(23-11)26-19(27-28)32-6)10-17(29)24-13-7-8-15(22)16(9-13)25-20(30)31-21(3,4)5/h7-9H,10H2,1-6H3,(H,24,29)(H,25,30). The van der Waals surface area contributed by atoms with E-state index >= 15 is 0 Å². The van der Waals surface area contributed by atoms with Crippen LogP contribution in [-0.2, 0) is 16.0 Å². The number of ether oxygens (including phenoxy) is 1. The molecule has 0 aliphatic heterocycles. The highest BCUT2D eigenvalue weighted by Gasteiger charge is 2.19. The van der Waals surface area contributed by atoms with Gasteiger partial charge in [0.05, 0.1) is 12.1 Å². The summed E-state index contributed by atoms with van der Waals surface area (Å²) in [5.74, 6) is -0.492. The number of nitrogens with one attached hydrogen (secondary N) is 2. The number of aromatic nitrogens is 4. The summed E-state index contributed by atoms with van der Waals surface area (Å²) in [6.45, 7) is 8.78. The third kappa shape index (κ3) is 5.52. The van der Waals surface area contributed by atoms with Crippen molar-refractivity contribution in [2.75, 3.05) is 16.9 Å². The number of thioether (sulfide) groups is 1. The van der Waals surface area contributed by atoms with Gasteiger partial charge in [0, 0.05) is 22.6 Å². The van der Waals surface area contributed by atoms with E-state index in [0.717, 1.165) is 17.3 Å². The Balaban J connectivity index is 1.76. The van der Waals surface area contributed by atoms with Crippen LogP contribution in [0, 0.1) is 19.7 Å². The van der Waals surface area contributed by atoms with Crippen LogP contribution in [0.4, 0.5) is 20.6 Å². The molecule has 2 amide bonds. The average Bonchev–Trinajstić information content (AvgIpc) is 3.09. The van der Waals surface area contributed by atoms with Crippen molar-refractivity contribution in [3.05, 3.63) is 41.0 Å². The predicted molar refractivity (Wildman–Crippen MR) is 121 cm³/mol. The first-order valence-corrected chi connectivity index (χ1v) is 11.1. The number of anilines is 2. The van der Waals surface area contributed by atoms with E-state index in [9.17, 15) is 14.0 Å². The highest BCUT2D eigenvalue weighted by molar-refractivity contribution is 7.98. The molecule has 0 saturated carbocycles. The number of aryl methyl sites for hydroxylation is 2. The second-order valence-corrected chi connectivity index (χ2v) is 8.89. The molecule has 1 aromatic carbocycles. The monoisotopic (exact) mass is 460 g/mol. The van der Waals surface area contributed by atoms with E-state index in [2.05, 4.69) is 25.7 Å². The molecule has 0 spiro atoms. The van der Waals surface area contributed by atoms with E-state index in [0.29, 0.717) is 22.3 Å². The molecule has 0 aliphatic carbocycles. The third-order valence-electron chi connectivity index (χ3n) is 4.44. The molecule has 2 N–H and O–H groups in total. The lowest BCUT2D eigenvalue weighted by atomic mass is 10.1. The van der Waals surface area contributed by atoms with E-state index < -0.39 is 17.5 Å². The summed E-state index contributed by atoms with van der Waals surface area (Å²) in [4.78, 5) is 33.4. The Labute approximate surface area is 189 Å². The first-order valence-electron chi connectivity index (χ1n) is 9.83. The molecule has 2 aromatic heterocycles. The van der Waals surface area contributed by atoms with Gasteiger partial charge in [0.1, 0.15) is 11.4 Å². The molecule has 3 aromatic rings. The lowest BCUT2D eigenvalue weighted by molar-refractivity contribution is -0.115. The maximum atomic E-state index is 14.1. The molecular formula is C21H25FN6O3S. The Morgan fingerprint density at radius 3 is 2.56 bits per heavy atom. The zero-order valence-electron chi connectivity index (χ0n) is 18.7. The van der Waals surface area contributed by atoms with Gasteiger partial charge in [-0.1, -0.05) is 11.8 Å². The molecule has 0 atom stereocenters. The third-order valence-corrected chi connectivity index (χ3v) is 4.97. The summed E-state index contributed by atoms with van der Waals surface area (Å²) < 4.78 is 20.9. The second-order valence-electron chi connectivity index (χ2n) is 8.12. The molecule has 0 unspecified atom stereocenters. The lowest BCUT2D eigenvalue weighted by Gasteiger charge is -2.20. The largest absolute Gasteiger partial charge is 0.444 e. The van der Waals surface area contributed by atoms with Gasteiger partial charge < -0.3 is 10.1 Å². The summed E-state index contributed by atoms with van der Waals surface area (Å²) in [5.41, 5.74) is 1.68. The van der Waals surface area contributed by atoms with Gasteiger partial charge in [-0.25, -0.2) is 18.7 Å². The van der Waals surface area contributed by atoms with Gasteiger partial charge in [-0.3, -0.25) is 10.1 Å². The van der Waals surface area contributed by atoms with E-state index in [-0.39, 0.29) is 18.0 Å². The van der Waals surface area contributed by atoms with Gasteiger partial charge >= 0.3 is 6.09 Å². The SMILES string of the molecule is CSc1nc2nc(C)c(CC(=O)Nc3ccc(F)c(NC(=O)OC(C)(C)C)c3)c(C)n2n1. The Morgan fingerprint density at radius 2 is 1.91 bits per heavy atom. The molecule has 170 valence electrons. The van der Waals surface area contributed by atoms with Crippen LogP contribution in [0.2, 0.25) is 0 Å². The molecule has 11 heteroatoms.